The normalized spacial score (nSPS) is 29.1. The maximum Gasteiger partial charge on any atom is 0.313 e. The van der Waals surface area contributed by atoms with Gasteiger partial charge in [0.2, 0.25) is 17.7 Å². The Morgan fingerprint density at radius 1 is 1.17 bits per heavy atom. The van der Waals surface area contributed by atoms with Crippen LogP contribution in [0.4, 0.5) is 0 Å². The minimum atomic E-state index is -1.33. The molecule has 4 aliphatic heterocycles. The summed E-state index contributed by atoms with van der Waals surface area (Å²) in [7, 11) is 0. The molecule has 1 aromatic carbocycles. The minimum absolute atomic E-state index is 0.143. The van der Waals surface area contributed by atoms with E-state index in [9.17, 15) is 24.3 Å². The third-order valence-corrected chi connectivity index (χ3v) is 12.2. The number of nitrogens with one attached hydrogen (secondary N) is 1. The summed E-state index contributed by atoms with van der Waals surface area (Å²) in [4.78, 5) is 62.2. The quantitative estimate of drug-likeness (QED) is 0.131. The van der Waals surface area contributed by atoms with E-state index in [4.69, 9.17) is 14.2 Å². The highest BCUT2D eigenvalue weighted by molar-refractivity contribution is 9.09. The largest absolute Gasteiger partial charge is 0.455 e. The third-order valence-electron chi connectivity index (χ3n) is 11.3. The van der Waals surface area contributed by atoms with Gasteiger partial charge in [0.1, 0.15) is 17.7 Å². The highest BCUT2D eigenvalue weighted by atomic mass is 79.9. The molecule has 2 bridgehead atoms. The van der Waals surface area contributed by atoms with E-state index in [1.165, 1.54) is 4.90 Å². The monoisotopic (exact) mass is 786 g/mol. The lowest BCUT2D eigenvalue weighted by Crippen LogP contribution is -2.60. The summed E-state index contributed by atoms with van der Waals surface area (Å²) in [6.45, 7) is 17.0. The molecule has 0 saturated carbocycles. The van der Waals surface area contributed by atoms with Crippen LogP contribution in [0.1, 0.15) is 58.1 Å². The Bertz CT molecular complexity index is 1440. The van der Waals surface area contributed by atoms with Gasteiger partial charge in [0, 0.05) is 44.0 Å². The summed E-state index contributed by atoms with van der Waals surface area (Å²) in [6, 6.07) is 6.84. The van der Waals surface area contributed by atoms with Crippen molar-refractivity contribution < 1.29 is 38.5 Å². The lowest BCUT2D eigenvalue weighted by atomic mass is 9.70. The summed E-state index contributed by atoms with van der Waals surface area (Å²) in [5, 5.41) is 13.7. The molecule has 0 radical (unpaired) electrons. The van der Waals surface area contributed by atoms with Crippen LogP contribution in [0.15, 0.2) is 55.6 Å². The molecule has 12 nitrogen and oxygen atoms in total. The molecular weight excluding hydrogens is 732 g/mol. The van der Waals surface area contributed by atoms with Crippen LogP contribution in [0.5, 0.6) is 0 Å². The van der Waals surface area contributed by atoms with E-state index < -0.39 is 59.6 Å². The first kappa shape index (κ1) is 40.1. The molecule has 52 heavy (non-hydrogen) atoms. The standard InChI is InChI=1S/C39H55BrN4O8/c1-6-9-15-30(46)41-26(5)33(27-13-11-10-12-14-27)51-38(49)31-32-36(47)44(29(24-45)25(4)8-3)35(39(32)23-28(40)34(31)52-39)37(48)43(16-7-2)18-17-42-19-21-50-22-20-42/h6-7,10-14,25-26,28-29,31-35,45H,1-2,8-9,15-24H2,3-5H3,(H,41,46)/t25-,26-,28?,29-,31+,32-,33-,34+,35+,39-/m0/s1. The molecular formula is C39H55BrN4O8. The van der Waals surface area contributed by atoms with E-state index in [0.29, 0.717) is 51.1 Å². The van der Waals surface area contributed by atoms with Crippen LogP contribution in [-0.2, 0) is 33.4 Å². The van der Waals surface area contributed by atoms with Crippen LogP contribution in [-0.4, -0.2) is 131 Å². The molecule has 2 N–H and O–H groups in total. The average molecular weight is 788 g/mol. The van der Waals surface area contributed by atoms with E-state index in [2.05, 4.69) is 39.3 Å². The zero-order valence-corrected chi connectivity index (χ0v) is 32.2. The summed E-state index contributed by atoms with van der Waals surface area (Å²) < 4.78 is 18.6. The second kappa shape index (κ2) is 17.8. The van der Waals surface area contributed by atoms with Crippen molar-refractivity contribution in [3.8, 4) is 0 Å². The molecule has 13 heteroatoms. The molecule has 1 unspecified atom stereocenters. The molecule has 1 spiro atoms. The number of rotatable bonds is 18. The number of carbonyl (C=O) groups excluding carboxylic acids is 4. The molecule has 4 saturated heterocycles. The molecule has 4 heterocycles. The fraction of sp³-hybridized carbons (Fsp3) is 0.641. The highest BCUT2D eigenvalue weighted by Gasteiger charge is 2.77. The Labute approximate surface area is 316 Å². The van der Waals surface area contributed by atoms with E-state index in [1.807, 2.05) is 44.2 Å². The van der Waals surface area contributed by atoms with E-state index in [1.54, 1.807) is 24.0 Å². The van der Waals surface area contributed by atoms with Gasteiger partial charge in [-0.05, 0) is 31.2 Å². The number of fused-ring (bicyclic) bond motifs is 1. The van der Waals surface area contributed by atoms with Gasteiger partial charge < -0.3 is 34.4 Å². The minimum Gasteiger partial charge on any atom is -0.455 e. The zero-order valence-electron chi connectivity index (χ0n) is 30.7. The molecule has 0 aliphatic carbocycles. The number of ether oxygens (including phenoxy) is 3. The van der Waals surface area contributed by atoms with Gasteiger partial charge in [0.15, 0.2) is 0 Å². The number of nitrogens with zero attached hydrogens (tertiary/aromatic N) is 3. The Morgan fingerprint density at radius 3 is 2.52 bits per heavy atom. The van der Waals surface area contributed by atoms with Gasteiger partial charge in [-0.15, -0.1) is 13.2 Å². The molecule has 5 rings (SSSR count). The van der Waals surface area contributed by atoms with Gasteiger partial charge in [0.05, 0.1) is 49.8 Å². The Morgan fingerprint density at radius 2 is 1.88 bits per heavy atom. The van der Waals surface area contributed by atoms with Crippen LogP contribution >= 0.6 is 15.9 Å². The Kier molecular flexibility index (Phi) is 13.7. The van der Waals surface area contributed by atoms with Crippen molar-refractivity contribution in [3.05, 3.63) is 61.2 Å². The number of benzene rings is 1. The van der Waals surface area contributed by atoms with Gasteiger partial charge >= 0.3 is 5.97 Å². The predicted octanol–water partition coefficient (Wildman–Crippen LogP) is 3.24. The summed E-state index contributed by atoms with van der Waals surface area (Å²) in [6.07, 6.45) is 3.49. The number of aliphatic hydroxyl groups excluding tert-OH is 1. The van der Waals surface area contributed by atoms with Crippen molar-refractivity contribution in [1.82, 2.24) is 20.0 Å². The third kappa shape index (κ3) is 8.03. The number of esters is 1. The van der Waals surface area contributed by atoms with Crippen LogP contribution < -0.4 is 5.32 Å². The van der Waals surface area contributed by atoms with Crippen molar-refractivity contribution in [1.29, 1.82) is 0 Å². The van der Waals surface area contributed by atoms with Crippen LogP contribution in [0, 0.1) is 17.8 Å². The first-order valence-electron chi connectivity index (χ1n) is 18.6. The highest BCUT2D eigenvalue weighted by Crippen LogP contribution is 2.61. The maximum atomic E-state index is 14.9. The van der Waals surface area contributed by atoms with Crippen LogP contribution in [0.3, 0.4) is 0 Å². The van der Waals surface area contributed by atoms with E-state index in [-0.39, 0.29) is 42.1 Å². The molecule has 4 fully saturated rings. The SMILES string of the molecule is C=CCCC(=O)N[C@@H](C)[C@H](OC(=O)[C@H]1[C@@H]2O[C@@]3(CC2Br)[C@@H]1C(=O)N([C@@H](CO)[C@@H](C)CC)[C@@H]3C(=O)N(CC=C)CCN1CCOCC1)c1ccccc1. The second-order valence-corrected chi connectivity index (χ2v) is 15.7. The van der Waals surface area contributed by atoms with E-state index >= 15 is 0 Å². The van der Waals surface area contributed by atoms with Gasteiger partial charge in [-0.2, -0.15) is 0 Å². The van der Waals surface area contributed by atoms with Gasteiger partial charge in [-0.1, -0.05) is 78.7 Å². The number of aliphatic hydroxyl groups is 1. The Hall–Kier alpha value is -3.10. The number of alkyl halides is 1. The smallest absolute Gasteiger partial charge is 0.313 e. The van der Waals surface area contributed by atoms with Gasteiger partial charge in [-0.25, -0.2) is 0 Å². The van der Waals surface area contributed by atoms with Crippen LogP contribution in [0.25, 0.3) is 0 Å². The van der Waals surface area contributed by atoms with Crippen molar-refractivity contribution in [2.24, 2.45) is 17.8 Å². The summed E-state index contributed by atoms with van der Waals surface area (Å²) in [5.41, 5.74) is -0.644. The lowest BCUT2D eigenvalue weighted by Gasteiger charge is -2.41. The molecule has 1 aromatic rings. The molecule has 286 valence electrons. The predicted molar refractivity (Wildman–Crippen MR) is 199 cm³/mol. The second-order valence-electron chi connectivity index (χ2n) is 14.5. The Balaban J connectivity index is 1.49. The number of carbonyl (C=O) groups is 4. The molecule has 3 amide bonds. The van der Waals surface area contributed by atoms with Crippen molar-refractivity contribution in [3.63, 3.8) is 0 Å². The van der Waals surface area contributed by atoms with Crippen molar-refractivity contribution in [2.75, 3.05) is 52.5 Å². The number of morpholine rings is 1. The fourth-order valence-corrected chi connectivity index (χ4v) is 9.38. The number of hydrogen-bond acceptors (Lipinski definition) is 9. The summed E-state index contributed by atoms with van der Waals surface area (Å²) in [5.74, 6) is -3.71. The first-order chi connectivity index (χ1) is 25.0. The fourth-order valence-electron chi connectivity index (χ4n) is 8.43. The average Bonchev–Trinajstić information content (AvgIpc) is 3.75. The first-order valence-corrected chi connectivity index (χ1v) is 19.5. The lowest BCUT2D eigenvalue weighted by molar-refractivity contribution is -0.163. The van der Waals surface area contributed by atoms with Crippen molar-refractivity contribution >= 4 is 39.6 Å². The van der Waals surface area contributed by atoms with Crippen molar-refractivity contribution in [2.45, 2.75) is 87.2 Å². The van der Waals surface area contributed by atoms with E-state index in [0.717, 1.165) is 13.1 Å². The van der Waals surface area contributed by atoms with Gasteiger partial charge in [-0.3, -0.25) is 24.1 Å². The number of amides is 3. The zero-order chi connectivity index (χ0) is 37.6. The van der Waals surface area contributed by atoms with Crippen LogP contribution in [0.2, 0.25) is 0 Å². The number of hydrogen-bond donors (Lipinski definition) is 2. The number of likely N-dealkylation sites (tertiary alicyclic amines) is 1. The number of allylic oxidation sites excluding steroid dienone is 1. The summed E-state index contributed by atoms with van der Waals surface area (Å²) >= 11 is 3.76. The molecule has 4 aliphatic rings. The molecule has 10 atom stereocenters. The molecule has 0 aromatic heterocycles. The number of halogens is 1. The van der Waals surface area contributed by atoms with Gasteiger partial charge in [0.25, 0.3) is 0 Å². The topological polar surface area (TPSA) is 138 Å². The maximum absolute atomic E-state index is 14.9.